The van der Waals surface area contributed by atoms with Crippen LogP contribution >= 0.6 is 0 Å². The van der Waals surface area contributed by atoms with E-state index >= 15 is 0 Å². The van der Waals surface area contributed by atoms with Crippen LogP contribution in [0, 0.1) is 5.92 Å². The van der Waals surface area contributed by atoms with Gasteiger partial charge in [0.05, 0.1) is 13.2 Å². The average molecular weight is 432 g/mol. The molecule has 0 aliphatic heterocycles. The van der Waals surface area contributed by atoms with Gasteiger partial charge in [0.2, 0.25) is 5.91 Å². The largest absolute Gasteiger partial charge is 0.493 e. The molecule has 0 bridgehead atoms. The lowest BCUT2D eigenvalue weighted by Crippen LogP contribution is -2.26. The molecule has 0 atom stereocenters. The lowest BCUT2D eigenvalue weighted by atomic mass is 10.1. The minimum atomic E-state index is -0.175. The molecule has 0 saturated heterocycles. The Kier molecular flexibility index (Phi) is 7.86. The van der Waals surface area contributed by atoms with Crippen molar-refractivity contribution >= 4 is 28.9 Å². The Hall–Kier alpha value is -3.80. The molecule has 0 aromatic heterocycles. The number of hydrogen-bond acceptors (Lipinski definition) is 4. The van der Waals surface area contributed by atoms with Crippen LogP contribution in [0.5, 0.6) is 5.75 Å². The van der Waals surface area contributed by atoms with E-state index in [0.29, 0.717) is 23.8 Å². The maximum Gasteiger partial charge on any atom is 0.258 e. The molecule has 0 saturated carbocycles. The fourth-order valence-electron chi connectivity index (χ4n) is 2.98. The molecule has 0 unspecified atom stereocenters. The molecule has 0 aliphatic carbocycles. The third-order valence-electron chi connectivity index (χ3n) is 4.75. The molecule has 3 aromatic rings. The highest BCUT2D eigenvalue weighted by atomic mass is 16.5. The van der Waals surface area contributed by atoms with Crippen LogP contribution in [-0.4, -0.2) is 32.0 Å². The zero-order chi connectivity index (χ0) is 22.9. The highest BCUT2D eigenvalue weighted by Crippen LogP contribution is 2.18. The predicted molar refractivity (Wildman–Crippen MR) is 130 cm³/mol. The van der Waals surface area contributed by atoms with Gasteiger partial charge in [-0.05, 0) is 66.6 Å². The van der Waals surface area contributed by atoms with Crippen LogP contribution in [-0.2, 0) is 4.79 Å². The number of amides is 2. The summed E-state index contributed by atoms with van der Waals surface area (Å²) in [5.41, 5.74) is 2.84. The second-order valence-electron chi connectivity index (χ2n) is 7.91. The van der Waals surface area contributed by atoms with Crippen LogP contribution in [0.15, 0.2) is 78.9 Å². The summed E-state index contributed by atoms with van der Waals surface area (Å²) in [5, 5.41) is 5.92. The summed E-state index contributed by atoms with van der Waals surface area (Å²) in [6.45, 7) is 5.00. The van der Waals surface area contributed by atoms with Crippen molar-refractivity contribution in [2.45, 2.75) is 13.8 Å². The van der Waals surface area contributed by atoms with Gasteiger partial charge in [-0.2, -0.15) is 0 Å². The van der Waals surface area contributed by atoms with Crippen molar-refractivity contribution in [2.24, 2.45) is 5.92 Å². The maximum atomic E-state index is 12.7. The van der Waals surface area contributed by atoms with E-state index in [2.05, 4.69) is 24.5 Å². The van der Waals surface area contributed by atoms with Gasteiger partial charge in [0, 0.05) is 29.7 Å². The number of carbonyl (C=O) groups is 2. The molecule has 166 valence electrons. The van der Waals surface area contributed by atoms with Gasteiger partial charge in [0.25, 0.3) is 5.91 Å². The molecule has 6 heteroatoms. The van der Waals surface area contributed by atoms with E-state index in [0.717, 1.165) is 17.1 Å². The molecule has 0 radical (unpaired) electrons. The second kappa shape index (κ2) is 11.0. The summed E-state index contributed by atoms with van der Waals surface area (Å²) in [6.07, 6.45) is 0. The zero-order valence-electron chi connectivity index (χ0n) is 18.7. The molecule has 32 heavy (non-hydrogen) atoms. The van der Waals surface area contributed by atoms with E-state index < -0.39 is 0 Å². The summed E-state index contributed by atoms with van der Waals surface area (Å²) in [4.78, 5) is 26.5. The molecule has 2 N–H and O–H groups in total. The van der Waals surface area contributed by atoms with Crippen LogP contribution in [0.25, 0.3) is 0 Å². The van der Waals surface area contributed by atoms with Crippen molar-refractivity contribution in [3.8, 4) is 5.75 Å². The van der Waals surface area contributed by atoms with E-state index in [1.54, 1.807) is 36.2 Å². The standard InChI is InChI=1S/C26H29N3O3/c1-19(2)18-32-24-15-13-21(14-16-24)27-17-25(30)28-22-11-9-20(10-12-22)26(31)29(3)23-7-5-4-6-8-23/h4-16,19,27H,17-18H2,1-3H3,(H,28,30). The molecule has 3 aromatic carbocycles. The maximum absolute atomic E-state index is 12.7. The number of anilines is 3. The number of hydrogen-bond donors (Lipinski definition) is 2. The van der Waals surface area contributed by atoms with Gasteiger partial charge < -0.3 is 20.3 Å². The van der Waals surface area contributed by atoms with Crippen LogP contribution in [0.2, 0.25) is 0 Å². The minimum absolute atomic E-state index is 0.114. The fourth-order valence-corrected chi connectivity index (χ4v) is 2.98. The third-order valence-corrected chi connectivity index (χ3v) is 4.75. The summed E-state index contributed by atoms with van der Waals surface area (Å²) >= 11 is 0. The van der Waals surface area contributed by atoms with E-state index in [4.69, 9.17) is 4.74 Å². The second-order valence-corrected chi connectivity index (χ2v) is 7.91. The van der Waals surface area contributed by atoms with Gasteiger partial charge in [-0.3, -0.25) is 9.59 Å². The van der Waals surface area contributed by atoms with E-state index in [9.17, 15) is 9.59 Å². The number of nitrogens with zero attached hydrogens (tertiary/aromatic N) is 1. The predicted octanol–water partition coefficient (Wildman–Crippen LogP) is 5.05. The quantitative estimate of drug-likeness (QED) is 0.497. The number of para-hydroxylation sites is 1. The Morgan fingerprint density at radius 3 is 2.12 bits per heavy atom. The molecule has 0 fully saturated rings. The van der Waals surface area contributed by atoms with Crippen molar-refractivity contribution < 1.29 is 14.3 Å². The van der Waals surface area contributed by atoms with Crippen LogP contribution < -0.4 is 20.3 Å². The lowest BCUT2D eigenvalue weighted by molar-refractivity contribution is -0.114. The molecule has 0 aliphatic rings. The first-order chi connectivity index (χ1) is 15.4. The molecule has 0 heterocycles. The first-order valence-electron chi connectivity index (χ1n) is 10.6. The fraction of sp³-hybridized carbons (Fsp3) is 0.231. The number of benzene rings is 3. The SMILES string of the molecule is CC(C)COc1ccc(NCC(=O)Nc2ccc(C(=O)N(C)c3ccccc3)cc2)cc1. The highest BCUT2D eigenvalue weighted by Gasteiger charge is 2.13. The molecular formula is C26H29N3O3. The van der Waals surface area contributed by atoms with Gasteiger partial charge in [-0.15, -0.1) is 0 Å². The minimum Gasteiger partial charge on any atom is -0.493 e. The van der Waals surface area contributed by atoms with Crippen LogP contribution in [0.1, 0.15) is 24.2 Å². The molecule has 3 rings (SSSR count). The Morgan fingerprint density at radius 1 is 0.875 bits per heavy atom. The van der Waals surface area contributed by atoms with Crippen molar-refractivity contribution in [3.05, 3.63) is 84.4 Å². The van der Waals surface area contributed by atoms with Crippen molar-refractivity contribution in [3.63, 3.8) is 0 Å². The van der Waals surface area contributed by atoms with E-state index in [-0.39, 0.29) is 18.4 Å². The molecular weight excluding hydrogens is 402 g/mol. The Morgan fingerprint density at radius 2 is 1.50 bits per heavy atom. The monoisotopic (exact) mass is 431 g/mol. The molecule has 0 spiro atoms. The summed E-state index contributed by atoms with van der Waals surface area (Å²) < 4.78 is 5.66. The number of carbonyl (C=O) groups excluding carboxylic acids is 2. The van der Waals surface area contributed by atoms with Crippen molar-refractivity contribution in [2.75, 3.05) is 35.7 Å². The number of nitrogens with one attached hydrogen (secondary N) is 2. The number of ether oxygens (including phenoxy) is 1. The molecule has 6 nitrogen and oxygen atoms in total. The summed E-state index contributed by atoms with van der Waals surface area (Å²) in [5.74, 6) is 0.983. The highest BCUT2D eigenvalue weighted by molar-refractivity contribution is 6.06. The third kappa shape index (κ3) is 6.60. The van der Waals surface area contributed by atoms with Gasteiger partial charge >= 0.3 is 0 Å². The summed E-state index contributed by atoms with van der Waals surface area (Å²) in [6, 6.07) is 23.8. The normalized spacial score (nSPS) is 10.5. The first kappa shape index (κ1) is 22.9. The Labute approximate surface area is 189 Å². The Balaban J connectivity index is 1.49. The zero-order valence-corrected chi connectivity index (χ0v) is 18.7. The van der Waals surface area contributed by atoms with Gasteiger partial charge in [-0.1, -0.05) is 32.0 Å². The van der Waals surface area contributed by atoms with Crippen molar-refractivity contribution in [1.82, 2.24) is 0 Å². The lowest BCUT2D eigenvalue weighted by Gasteiger charge is -2.17. The van der Waals surface area contributed by atoms with Gasteiger partial charge in [0.15, 0.2) is 0 Å². The average Bonchev–Trinajstić information content (AvgIpc) is 2.82. The van der Waals surface area contributed by atoms with E-state index in [1.807, 2.05) is 54.6 Å². The van der Waals surface area contributed by atoms with Crippen LogP contribution in [0.4, 0.5) is 17.1 Å². The smallest absolute Gasteiger partial charge is 0.258 e. The van der Waals surface area contributed by atoms with Crippen LogP contribution in [0.3, 0.4) is 0 Å². The first-order valence-corrected chi connectivity index (χ1v) is 10.6. The molecule has 2 amide bonds. The van der Waals surface area contributed by atoms with E-state index in [1.165, 1.54) is 0 Å². The topological polar surface area (TPSA) is 70.7 Å². The Bertz CT molecular complexity index is 1020. The van der Waals surface area contributed by atoms with Gasteiger partial charge in [-0.25, -0.2) is 0 Å². The number of rotatable bonds is 9. The summed E-state index contributed by atoms with van der Waals surface area (Å²) in [7, 11) is 1.74. The van der Waals surface area contributed by atoms with Gasteiger partial charge in [0.1, 0.15) is 5.75 Å². The van der Waals surface area contributed by atoms with Crippen molar-refractivity contribution in [1.29, 1.82) is 0 Å².